The van der Waals surface area contributed by atoms with Crippen LogP contribution in [0, 0.1) is 5.92 Å². The van der Waals surface area contributed by atoms with Crippen LogP contribution < -0.4 is 10.6 Å². The van der Waals surface area contributed by atoms with E-state index in [0.29, 0.717) is 0 Å². The molecule has 0 spiro atoms. The van der Waals surface area contributed by atoms with Gasteiger partial charge in [-0.1, -0.05) is 6.07 Å². The molecule has 3 heteroatoms. The van der Waals surface area contributed by atoms with Gasteiger partial charge >= 0.3 is 0 Å². The van der Waals surface area contributed by atoms with E-state index in [1.807, 2.05) is 24.3 Å². The molecule has 1 amide bonds. The molecule has 0 saturated heterocycles. The summed E-state index contributed by atoms with van der Waals surface area (Å²) in [5, 5.41) is 6.14. The minimum absolute atomic E-state index is 0.156. The largest absolute Gasteiger partial charge is 0.385 e. The molecule has 0 aliphatic heterocycles. The zero-order chi connectivity index (χ0) is 10.7. The van der Waals surface area contributed by atoms with E-state index in [2.05, 4.69) is 17.6 Å². The fourth-order valence-electron chi connectivity index (χ4n) is 1.50. The minimum Gasteiger partial charge on any atom is -0.385 e. The second-order valence-corrected chi connectivity index (χ2v) is 3.87. The van der Waals surface area contributed by atoms with Crippen LogP contribution >= 0.6 is 0 Å². The quantitative estimate of drug-likeness (QED) is 0.791. The average molecular weight is 204 g/mol. The maximum Gasteiger partial charge on any atom is 0.227 e. The van der Waals surface area contributed by atoms with Gasteiger partial charge in [0.05, 0.1) is 0 Å². The van der Waals surface area contributed by atoms with Crippen molar-refractivity contribution in [3.05, 3.63) is 24.3 Å². The standard InChI is InChI=1S/C12H16N2O/c1-2-13-10-4-3-5-11(8-10)14-12(15)9-6-7-9/h3-5,8-9,13H,2,6-7H2,1H3,(H,14,15). The van der Waals surface area contributed by atoms with E-state index in [9.17, 15) is 4.79 Å². The van der Waals surface area contributed by atoms with Gasteiger partial charge in [-0.05, 0) is 38.0 Å². The molecule has 0 radical (unpaired) electrons. The van der Waals surface area contributed by atoms with E-state index in [1.54, 1.807) is 0 Å². The van der Waals surface area contributed by atoms with Crippen LogP contribution in [-0.4, -0.2) is 12.5 Å². The van der Waals surface area contributed by atoms with Crippen molar-refractivity contribution in [2.24, 2.45) is 5.92 Å². The monoisotopic (exact) mass is 204 g/mol. The van der Waals surface area contributed by atoms with E-state index < -0.39 is 0 Å². The summed E-state index contributed by atoms with van der Waals surface area (Å²) in [6.07, 6.45) is 2.08. The molecule has 1 aliphatic rings. The smallest absolute Gasteiger partial charge is 0.227 e. The number of benzene rings is 1. The minimum atomic E-state index is 0.156. The number of hydrogen-bond acceptors (Lipinski definition) is 2. The van der Waals surface area contributed by atoms with Gasteiger partial charge in [0.2, 0.25) is 5.91 Å². The van der Waals surface area contributed by atoms with Crippen LogP contribution in [-0.2, 0) is 4.79 Å². The summed E-state index contributed by atoms with van der Waals surface area (Å²) in [5.41, 5.74) is 1.93. The molecule has 1 aliphatic carbocycles. The Hall–Kier alpha value is -1.51. The number of hydrogen-bond donors (Lipinski definition) is 2. The van der Waals surface area contributed by atoms with E-state index >= 15 is 0 Å². The molecule has 15 heavy (non-hydrogen) atoms. The van der Waals surface area contributed by atoms with Crippen molar-refractivity contribution in [1.82, 2.24) is 0 Å². The summed E-state index contributed by atoms with van der Waals surface area (Å²) >= 11 is 0. The van der Waals surface area contributed by atoms with Gasteiger partial charge in [-0.3, -0.25) is 4.79 Å². The normalized spacial score (nSPS) is 14.7. The zero-order valence-electron chi connectivity index (χ0n) is 8.92. The summed E-state index contributed by atoms with van der Waals surface area (Å²) in [6, 6.07) is 7.82. The first-order chi connectivity index (χ1) is 7.29. The lowest BCUT2D eigenvalue weighted by molar-refractivity contribution is -0.117. The first kappa shape index (κ1) is 10.0. The van der Waals surface area contributed by atoms with Crippen LogP contribution in [0.4, 0.5) is 11.4 Å². The van der Waals surface area contributed by atoms with Gasteiger partial charge in [-0.2, -0.15) is 0 Å². The lowest BCUT2D eigenvalue weighted by Gasteiger charge is -2.07. The fourth-order valence-corrected chi connectivity index (χ4v) is 1.50. The predicted octanol–water partition coefficient (Wildman–Crippen LogP) is 2.47. The predicted molar refractivity (Wildman–Crippen MR) is 62.0 cm³/mol. The third-order valence-electron chi connectivity index (χ3n) is 2.46. The number of carbonyl (C=O) groups excluding carboxylic acids is 1. The molecule has 0 bridgehead atoms. The second kappa shape index (κ2) is 4.34. The maximum absolute atomic E-state index is 11.5. The molecule has 0 aromatic heterocycles. The highest BCUT2D eigenvalue weighted by molar-refractivity contribution is 5.94. The Bertz CT molecular complexity index is 358. The van der Waals surface area contributed by atoms with Crippen LogP contribution in [0.25, 0.3) is 0 Å². The third-order valence-corrected chi connectivity index (χ3v) is 2.46. The Morgan fingerprint density at radius 3 is 2.80 bits per heavy atom. The van der Waals surface area contributed by atoms with Gasteiger partial charge in [0.25, 0.3) is 0 Å². The molecule has 80 valence electrons. The molecule has 2 rings (SSSR count). The van der Waals surface area contributed by atoms with Crippen LogP contribution in [0.2, 0.25) is 0 Å². The first-order valence-corrected chi connectivity index (χ1v) is 5.44. The summed E-state index contributed by atoms with van der Waals surface area (Å²) in [6.45, 7) is 2.94. The van der Waals surface area contributed by atoms with Crippen molar-refractivity contribution in [2.75, 3.05) is 17.2 Å². The van der Waals surface area contributed by atoms with E-state index in [4.69, 9.17) is 0 Å². The van der Waals surface area contributed by atoms with Crippen LogP contribution in [0.3, 0.4) is 0 Å². The molecular weight excluding hydrogens is 188 g/mol. The van der Waals surface area contributed by atoms with Crippen LogP contribution in [0.1, 0.15) is 19.8 Å². The van der Waals surface area contributed by atoms with E-state index in [-0.39, 0.29) is 11.8 Å². The highest BCUT2D eigenvalue weighted by Gasteiger charge is 2.29. The fraction of sp³-hybridized carbons (Fsp3) is 0.417. The summed E-state index contributed by atoms with van der Waals surface area (Å²) in [4.78, 5) is 11.5. The zero-order valence-corrected chi connectivity index (χ0v) is 8.92. The SMILES string of the molecule is CCNc1cccc(NC(=O)C2CC2)c1. The molecule has 0 heterocycles. The molecular formula is C12H16N2O. The van der Waals surface area contributed by atoms with Crippen LogP contribution in [0.5, 0.6) is 0 Å². The number of carbonyl (C=O) groups is 1. The van der Waals surface area contributed by atoms with E-state index in [1.165, 1.54) is 0 Å². The lowest BCUT2D eigenvalue weighted by Crippen LogP contribution is -2.13. The third kappa shape index (κ3) is 2.72. The van der Waals surface area contributed by atoms with Crippen molar-refractivity contribution in [2.45, 2.75) is 19.8 Å². The van der Waals surface area contributed by atoms with Gasteiger partial charge in [-0.25, -0.2) is 0 Å². The molecule has 3 nitrogen and oxygen atoms in total. The second-order valence-electron chi connectivity index (χ2n) is 3.87. The number of nitrogens with one attached hydrogen (secondary N) is 2. The van der Waals surface area contributed by atoms with Gasteiger partial charge in [0.1, 0.15) is 0 Å². The molecule has 0 unspecified atom stereocenters. The molecule has 0 atom stereocenters. The molecule has 2 N–H and O–H groups in total. The van der Waals surface area contributed by atoms with Gasteiger partial charge < -0.3 is 10.6 Å². The highest BCUT2D eigenvalue weighted by atomic mass is 16.2. The van der Waals surface area contributed by atoms with Crippen LogP contribution in [0.15, 0.2) is 24.3 Å². The van der Waals surface area contributed by atoms with Crippen molar-refractivity contribution in [3.63, 3.8) is 0 Å². The van der Waals surface area contributed by atoms with Gasteiger partial charge in [0, 0.05) is 23.8 Å². The Labute approximate surface area is 89.9 Å². The van der Waals surface area contributed by atoms with Crippen molar-refractivity contribution in [3.8, 4) is 0 Å². The summed E-state index contributed by atoms with van der Waals surface area (Å²) in [7, 11) is 0. The Balaban J connectivity index is 2.00. The Morgan fingerprint density at radius 1 is 1.40 bits per heavy atom. The molecule has 1 saturated carbocycles. The number of anilines is 2. The number of rotatable bonds is 4. The van der Waals surface area contributed by atoms with Crippen molar-refractivity contribution < 1.29 is 4.79 Å². The van der Waals surface area contributed by atoms with Gasteiger partial charge in [0.15, 0.2) is 0 Å². The summed E-state index contributed by atoms with van der Waals surface area (Å²) in [5.74, 6) is 0.413. The highest BCUT2D eigenvalue weighted by Crippen LogP contribution is 2.30. The van der Waals surface area contributed by atoms with Gasteiger partial charge in [-0.15, -0.1) is 0 Å². The molecule has 1 aromatic rings. The van der Waals surface area contributed by atoms with Crippen molar-refractivity contribution >= 4 is 17.3 Å². The number of amides is 1. The molecule has 1 fully saturated rings. The van der Waals surface area contributed by atoms with E-state index in [0.717, 1.165) is 30.8 Å². The van der Waals surface area contributed by atoms with Crippen molar-refractivity contribution in [1.29, 1.82) is 0 Å². The topological polar surface area (TPSA) is 41.1 Å². The molecule has 1 aromatic carbocycles. The maximum atomic E-state index is 11.5. The Kier molecular flexibility index (Phi) is 2.90. The first-order valence-electron chi connectivity index (χ1n) is 5.44. The summed E-state index contributed by atoms with van der Waals surface area (Å²) < 4.78 is 0. The lowest BCUT2D eigenvalue weighted by atomic mass is 10.2. The average Bonchev–Trinajstić information content (AvgIpc) is 3.01. The Morgan fingerprint density at radius 2 is 2.13 bits per heavy atom.